The zero-order chi connectivity index (χ0) is 50.4. The monoisotopic (exact) mass is 993 g/mol. The summed E-state index contributed by atoms with van der Waals surface area (Å²) in [4.78, 5) is 43.1. The lowest BCUT2D eigenvalue weighted by Crippen LogP contribution is -2.65. The van der Waals surface area contributed by atoms with E-state index in [2.05, 4.69) is 0 Å². The van der Waals surface area contributed by atoms with Gasteiger partial charge in [0.25, 0.3) is 0 Å². The number of hydrogen-bond donors (Lipinski definition) is 1. The number of nitrogens with zero attached hydrogens (tertiary/aromatic N) is 1. The Morgan fingerprint density at radius 2 is 1.14 bits per heavy atom. The van der Waals surface area contributed by atoms with Gasteiger partial charge in [-0.05, 0) is 41.0 Å². The van der Waals surface area contributed by atoms with Crippen LogP contribution in [0.5, 0.6) is 0 Å². The largest absolute Gasteiger partial charge is 0.453 e. The molecule has 0 spiro atoms. The van der Waals surface area contributed by atoms with Gasteiger partial charge < -0.3 is 57.4 Å². The summed E-state index contributed by atoms with van der Waals surface area (Å²) in [5.74, 6) is -2.11. The van der Waals surface area contributed by atoms with Crippen molar-refractivity contribution in [2.75, 3.05) is 26.4 Å². The van der Waals surface area contributed by atoms with Crippen LogP contribution in [0.1, 0.15) is 56.2 Å². The van der Waals surface area contributed by atoms with E-state index < -0.39 is 85.5 Å². The molecule has 0 saturated carbocycles. The predicted molar refractivity (Wildman–Crippen MR) is 264 cm³/mol. The molecule has 15 nitrogen and oxygen atoms in total. The minimum absolute atomic E-state index is 0.00908. The van der Waals surface area contributed by atoms with Crippen LogP contribution < -0.4 is 0 Å². The average molecular weight is 994 g/mol. The summed E-state index contributed by atoms with van der Waals surface area (Å²) in [5.41, 5.74) is 3.89. The number of carbonyl (C=O) groups is 3. The van der Waals surface area contributed by atoms with Gasteiger partial charge in [0.15, 0.2) is 31.1 Å². The topological polar surface area (TPSA) is 167 Å². The quantitative estimate of drug-likeness (QED) is 0.0607. The molecule has 0 radical (unpaired) electrons. The normalized spacial score (nSPS) is 25.6. The predicted octanol–water partition coefficient (Wildman–Crippen LogP) is 8.46. The molecule has 3 saturated heterocycles. The Morgan fingerprint density at radius 1 is 0.603 bits per heavy atom. The fourth-order valence-electron chi connectivity index (χ4n) is 9.01. The molecule has 3 heterocycles. The number of fused-ring (bicyclic) bond motifs is 1. The molecule has 3 aliphatic heterocycles. The van der Waals surface area contributed by atoms with E-state index in [1.807, 2.05) is 128 Å². The molecule has 1 amide bonds. The van der Waals surface area contributed by atoms with Crippen molar-refractivity contribution in [3.63, 3.8) is 0 Å². The summed E-state index contributed by atoms with van der Waals surface area (Å²) in [6, 6.07) is 54.7. The van der Waals surface area contributed by atoms with Crippen LogP contribution in [0.25, 0.3) is 0 Å². The second-order valence-electron chi connectivity index (χ2n) is 18.0. The molecule has 3 fully saturated rings. The lowest BCUT2D eigenvalue weighted by Gasteiger charge is -2.50. The van der Waals surface area contributed by atoms with Crippen LogP contribution in [0, 0.1) is 5.92 Å². The Balaban J connectivity index is 0.994. The lowest BCUT2D eigenvalue weighted by molar-refractivity contribution is -0.381. The Morgan fingerprint density at radius 3 is 1.74 bits per heavy atom. The van der Waals surface area contributed by atoms with E-state index in [9.17, 15) is 19.5 Å². The molecule has 15 heteroatoms. The van der Waals surface area contributed by atoms with Crippen molar-refractivity contribution in [1.82, 2.24) is 4.90 Å². The van der Waals surface area contributed by atoms with Crippen LogP contribution in [0.2, 0.25) is 0 Å². The van der Waals surface area contributed by atoms with Gasteiger partial charge in [0.1, 0.15) is 31.0 Å². The van der Waals surface area contributed by atoms with E-state index in [1.165, 1.54) is 0 Å². The van der Waals surface area contributed by atoms with E-state index in [-0.39, 0.29) is 51.7 Å². The van der Waals surface area contributed by atoms with Crippen LogP contribution in [0.3, 0.4) is 0 Å². The Hall–Kier alpha value is -6.79. The number of aliphatic hydroxyl groups excluding tert-OH is 1. The van der Waals surface area contributed by atoms with Gasteiger partial charge in [-0.3, -0.25) is 0 Å². The Bertz CT molecular complexity index is 2630. The van der Waals surface area contributed by atoms with Crippen molar-refractivity contribution in [3.05, 3.63) is 215 Å². The fraction of sp³-hybridized carbons (Fsp3) is 0.328. The molecule has 0 aliphatic carbocycles. The second-order valence-corrected chi connectivity index (χ2v) is 18.0. The molecule has 0 aromatic heterocycles. The highest BCUT2D eigenvalue weighted by atomic mass is 16.8. The van der Waals surface area contributed by atoms with Crippen molar-refractivity contribution in [2.45, 2.75) is 88.3 Å². The smallest absolute Gasteiger partial charge is 0.410 e. The third kappa shape index (κ3) is 13.4. The van der Waals surface area contributed by atoms with Crippen LogP contribution in [-0.4, -0.2) is 110 Å². The van der Waals surface area contributed by atoms with E-state index in [4.69, 9.17) is 47.4 Å². The molecule has 1 N–H and O–H groups in total. The van der Waals surface area contributed by atoms with Crippen molar-refractivity contribution in [3.8, 4) is 0 Å². The molecule has 5 unspecified atom stereocenters. The van der Waals surface area contributed by atoms with Crippen molar-refractivity contribution < 1.29 is 66.9 Å². The minimum Gasteiger partial charge on any atom is -0.453 e. The number of benzene rings is 6. The highest BCUT2D eigenvalue weighted by Crippen LogP contribution is 2.39. The zero-order valence-corrected chi connectivity index (χ0v) is 40.3. The van der Waals surface area contributed by atoms with Gasteiger partial charge >= 0.3 is 18.0 Å². The second kappa shape index (κ2) is 25.2. The molecular weight excluding hydrogens is 935 g/mol. The SMILES string of the molecule is C[C@@H]1C(OC(=O)c2ccccc2)[C@H](OCCN(Cc2ccccc2)C(=O)OCc2ccccc2)OC(COCc2ccccc2)[C@H]1O[C@@H]1OC2COC(c3ccccc3)O[C@H]2[C@H](O)C1OC(=O)c1ccccc1. The summed E-state index contributed by atoms with van der Waals surface area (Å²) in [6.45, 7) is 2.32. The summed E-state index contributed by atoms with van der Waals surface area (Å²) < 4.78 is 63.8. The molecular formula is C58H59NO14. The van der Waals surface area contributed by atoms with Crippen LogP contribution in [-0.2, 0) is 67.1 Å². The molecule has 3 aliphatic rings. The molecule has 0 bridgehead atoms. The average Bonchev–Trinajstić information content (AvgIpc) is 3.44. The summed E-state index contributed by atoms with van der Waals surface area (Å²) in [5, 5.41) is 12.2. The summed E-state index contributed by atoms with van der Waals surface area (Å²) in [6.07, 6.45) is -11.8. The molecule has 6 aromatic carbocycles. The lowest BCUT2D eigenvalue weighted by atomic mass is 9.89. The number of esters is 2. The van der Waals surface area contributed by atoms with Crippen LogP contribution in [0.4, 0.5) is 4.79 Å². The number of rotatable bonds is 19. The first-order valence-corrected chi connectivity index (χ1v) is 24.5. The van der Waals surface area contributed by atoms with Crippen molar-refractivity contribution in [1.29, 1.82) is 0 Å². The van der Waals surface area contributed by atoms with Gasteiger partial charge in [0.2, 0.25) is 0 Å². The highest BCUT2D eigenvalue weighted by Gasteiger charge is 2.55. The Kier molecular flexibility index (Phi) is 17.7. The standard InChI is InChI=1S/C58H59NO14/c1-39-49(72-57-52(71-54(62)44-28-16-6-17-29-44)48(60)51-47(69-57)38-66-55(73-51)45-30-18-7-19-31-45)46(37-64-35-41-22-10-3-11-23-41)68-56(50(39)70-53(61)43-26-14-5-15-27-43)65-33-32-59(34-40-20-8-2-9-21-40)58(63)67-36-42-24-12-4-13-25-42/h2-31,39,46-52,55-57,60H,32-38H2,1H3/t39-,46?,47?,48-,49-,50?,51+,52?,55?,56+,57-/m0/s1. The van der Waals surface area contributed by atoms with E-state index >= 15 is 0 Å². The molecule has 9 rings (SSSR count). The van der Waals surface area contributed by atoms with E-state index in [0.29, 0.717) is 5.56 Å². The van der Waals surface area contributed by atoms with Crippen LogP contribution in [0.15, 0.2) is 182 Å². The highest BCUT2D eigenvalue weighted by molar-refractivity contribution is 5.90. The van der Waals surface area contributed by atoms with Crippen LogP contribution >= 0.6 is 0 Å². The number of aliphatic hydroxyl groups is 1. The van der Waals surface area contributed by atoms with Gasteiger partial charge in [0, 0.05) is 24.6 Å². The minimum atomic E-state index is -1.46. The van der Waals surface area contributed by atoms with E-state index in [0.717, 1.165) is 22.3 Å². The Labute approximate surface area is 424 Å². The maximum absolute atomic E-state index is 14.0. The third-order valence-corrected chi connectivity index (χ3v) is 12.9. The first kappa shape index (κ1) is 51.1. The van der Waals surface area contributed by atoms with E-state index in [1.54, 1.807) is 65.6 Å². The van der Waals surface area contributed by atoms with Gasteiger partial charge in [0.05, 0.1) is 43.7 Å². The van der Waals surface area contributed by atoms with Gasteiger partial charge in [-0.2, -0.15) is 0 Å². The number of ether oxygens (including phenoxy) is 10. The summed E-state index contributed by atoms with van der Waals surface area (Å²) in [7, 11) is 0. The molecule has 11 atom stereocenters. The number of carbonyl (C=O) groups excluding carboxylic acids is 3. The van der Waals surface area contributed by atoms with Crippen molar-refractivity contribution >= 4 is 18.0 Å². The maximum Gasteiger partial charge on any atom is 0.410 e. The molecule has 73 heavy (non-hydrogen) atoms. The third-order valence-electron chi connectivity index (χ3n) is 12.9. The fourth-order valence-corrected chi connectivity index (χ4v) is 9.01. The zero-order valence-electron chi connectivity index (χ0n) is 40.3. The number of hydrogen-bond acceptors (Lipinski definition) is 14. The molecule has 380 valence electrons. The maximum atomic E-state index is 14.0. The summed E-state index contributed by atoms with van der Waals surface area (Å²) >= 11 is 0. The van der Waals surface area contributed by atoms with Gasteiger partial charge in [-0.15, -0.1) is 0 Å². The first-order chi connectivity index (χ1) is 35.8. The van der Waals surface area contributed by atoms with Gasteiger partial charge in [-0.25, -0.2) is 14.4 Å². The van der Waals surface area contributed by atoms with Gasteiger partial charge in [-0.1, -0.05) is 165 Å². The molecule has 6 aromatic rings. The first-order valence-electron chi connectivity index (χ1n) is 24.5. The number of amides is 1. The van der Waals surface area contributed by atoms with Crippen molar-refractivity contribution in [2.24, 2.45) is 5.92 Å².